The Hall–Kier alpha value is -1.79. The van der Waals surface area contributed by atoms with Crippen molar-refractivity contribution in [2.75, 3.05) is 0 Å². The summed E-state index contributed by atoms with van der Waals surface area (Å²) in [6.07, 6.45) is 2.03. The maximum Gasteiger partial charge on any atom is 0.130 e. The maximum absolute atomic E-state index is 9.74. The van der Waals surface area contributed by atoms with Crippen LogP contribution in [0.4, 0.5) is 0 Å². The maximum atomic E-state index is 9.74. The normalized spacial score (nSPS) is 12.6. The van der Waals surface area contributed by atoms with Crippen LogP contribution in [0.3, 0.4) is 0 Å². The first-order chi connectivity index (χ1) is 7.26. The Morgan fingerprint density at radius 3 is 2.93 bits per heavy atom. The van der Waals surface area contributed by atoms with Gasteiger partial charge in [0.05, 0.1) is 17.1 Å². The number of aromatic nitrogens is 1. The standard InChI is InChI=1S/C12H12N2O/c1-2-12(15)14-6-5-10-7-9(8-13)3-4-11(10)14/h3-7,12,15H,2H2,1H3. The van der Waals surface area contributed by atoms with Crippen LogP contribution in [-0.2, 0) is 0 Å². The second kappa shape index (κ2) is 3.76. The third-order valence-corrected chi connectivity index (χ3v) is 2.54. The van der Waals surface area contributed by atoms with Crippen LogP contribution in [0.25, 0.3) is 10.9 Å². The van der Waals surface area contributed by atoms with Crippen LogP contribution in [0, 0.1) is 11.3 Å². The molecule has 0 radical (unpaired) electrons. The highest BCUT2D eigenvalue weighted by Crippen LogP contribution is 2.21. The van der Waals surface area contributed by atoms with Crippen LogP contribution in [-0.4, -0.2) is 9.67 Å². The summed E-state index contributed by atoms with van der Waals surface area (Å²) in [5, 5.41) is 19.5. The van der Waals surface area contributed by atoms with Crippen LogP contribution in [0.2, 0.25) is 0 Å². The highest BCUT2D eigenvalue weighted by Gasteiger charge is 2.07. The van der Waals surface area contributed by atoms with E-state index in [-0.39, 0.29) is 0 Å². The van der Waals surface area contributed by atoms with Crippen molar-refractivity contribution in [1.29, 1.82) is 5.26 Å². The number of aliphatic hydroxyl groups is 1. The third-order valence-electron chi connectivity index (χ3n) is 2.54. The molecule has 0 aliphatic carbocycles. The molecule has 0 aliphatic rings. The minimum atomic E-state index is -0.490. The van der Waals surface area contributed by atoms with E-state index in [9.17, 15) is 5.11 Å². The number of nitrogens with zero attached hydrogens (tertiary/aromatic N) is 2. The molecule has 2 rings (SSSR count). The van der Waals surface area contributed by atoms with Gasteiger partial charge in [0.1, 0.15) is 6.23 Å². The summed E-state index contributed by atoms with van der Waals surface area (Å²) < 4.78 is 1.82. The molecular formula is C12H12N2O. The van der Waals surface area contributed by atoms with Gasteiger partial charge >= 0.3 is 0 Å². The molecule has 1 unspecified atom stereocenters. The molecule has 0 amide bonds. The minimum Gasteiger partial charge on any atom is -0.373 e. The Labute approximate surface area is 88.2 Å². The summed E-state index contributed by atoms with van der Waals surface area (Å²) in [6, 6.07) is 9.47. The van der Waals surface area contributed by atoms with Crippen molar-refractivity contribution in [3.63, 3.8) is 0 Å². The topological polar surface area (TPSA) is 49.0 Å². The zero-order valence-corrected chi connectivity index (χ0v) is 8.51. The molecule has 1 atom stereocenters. The van der Waals surface area contributed by atoms with Crippen LogP contribution in [0.5, 0.6) is 0 Å². The smallest absolute Gasteiger partial charge is 0.130 e. The van der Waals surface area contributed by atoms with E-state index >= 15 is 0 Å². The molecule has 1 heterocycles. The fourth-order valence-corrected chi connectivity index (χ4v) is 1.69. The molecule has 0 aliphatic heterocycles. The van der Waals surface area contributed by atoms with Crippen molar-refractivity contribution in [3.8, 4) is 6.07 Å². The number of aliphatic hydroxyl groups excluding tert-OH is 1. The van der Waals surface area contributed by atoms with Gasteiger partial charge in [-0.3, -0.25) is 0 Å². The first-order valence-electron chi connectivity index (χ1n) is 4.95. The van der Waals surface area contributed by atoms with Crippen molar-refractivity contribution in [3.05, 3.63) is 36.0 Å². The number of hydrogen-bond donors (Lipinski definition) is 1. The van der Waals surface area contributed by atoms with Gasteiger partial charge in [0.25, 0.3) is 0 Å². The lowest BCUT2D eigenvalue weighted by atomic mass is 10.2. The molecule has 1 aromatic carbocycles. The second-order valence-corrected chi connectivity index (χ2v) is 3.50. The van der Waals surface area contributed by atoms with Crippen LogP contribution < -0.4 is 0 Å². The van der Waals surface area contributed by atoms with E-state index in [1.165, 1.54) is 0 Å². The molecule has 1 N–H and O–H groups in total. The van der Waals surface area contributed by atoms with E-state index in [0.717, 1.165) is 10.9 Å². The van der Waals surface area contributed by atoms with Crippen molar-refractivity contribution in [2.24, 2.45) is 0 Å². The summed E-state index contributed by atoms with van der Waals surface area (Å²) >= 11 is 0. The quantitative estimate of drug-likeness (QED) is 0.809. The van der Waals surface area contributed by atoms with E-state index in [4.69, 9.17) is 5.26 Å². The molecule has 3 nitrogen and oxygen atoms in total. The molecule has 76 valence electrons. The predicted molar refractivity (Wildman–Crippen MR) is 58.2 cm³/mol. The molecule has 0 spiro atoms. The summed E-state index contributed by atoms with van der Waals surface area (Å²) in [5.74, 6) is 0. The fourth-order valence-electron chi connectivity index (χ4n) is 1.69. The average Bonchev–Trinajstić information content (AvgIpc) is 2.70. The van der Waals surface area contributed by atoms with E-state index in [0.29, 0.717) is 12.0 Å². The Morgan fingerprint density at radius 2 is 2.27 bits per heavy atom. The van der Waals surface area contributed by atoms with Gasteiger partial charge in [-0.2, -0.15) is 5.26 Å². The second-order valence-electron chi connectivity index (χ2n) is 3.50. The van der Waals surface area contributed by atoms with Crippen molar-refractivity contribution >= 4 is 10.9 Å². The van der Waals surface area contributed by atoms with Crippen LogP contribution in [0.15, 0.2) is 30.5 Å². The van der Waals surface area contributed by atoms with Crippen LogP contribution >= 0.6 is 0 Å². The number of fused-ring (bicyclic) bond motifs is 1. The van der Waals surface area contributed by atoms with E-state index in [1.54, 1.807) is 6.07 Å². The lowest BCUT2D eigenvalue weighted by Crippen LogP contribution is -2.04. The summed E-state index contributed by atoms with van der Waals surface area (Å²) in [4.78, 5) is 0. The number of hydrogen-bond acceptors (Lipinski definition) is 2. The van der Waals surface area contributed by atoms with Crippen molar-refractivity contribution < 1.29 is 5.11 Å². The molecule has 15 heavy (non-hydrogen) atoms. The SMILES string of the molecule is CCC(O)n1ccc2cc(C#N)ccc21. The predicted octanol–water partition coefficient (Wildman–Crippen LogP) is 2.41. The van der Waals surface area contributed by atoms with Gasteiger partial charge in [0.2, 0.25) is 0 Å². The summed E-state index contributed by atoms with van der Waals surface area (Å²) in [5.41, 5.74) is 1.61. The number of benzene rings is 1. The van der Waals surface area contributed by atoms with Crippen molar-refractivity contribution in [2.45, 2.75) is 19.6 Å². The molecule has 0 saturated heterocycles. The lowest BCUT2D eigenvalue weighted by Gasteiger charge is -2.11. The summed E-state index contributed by atoms with van der Waals surface area (Å²) in [7, 11) is 0. The number of rotatable bonds is 2. The Bertz CT molecular complexity index is 522. The molecule has 2 aromatic rings. The van der Waals surface area contributed by atoms with Gasteiger partial charge in [0, 0.05) is 11.6 Å². The number of nitriles is 1. The Morgan fingerprint density at radius 1 is 1.47 bits per heavy atom. The molecular weight excluding hydrogens is 188 g/mol. The lowest BCUT2D eigenvalue weighted by molar-refractivity contribution is 0.105. The minimum absolute atomic E-state index is 0.490. The summed E-state index contributed by atoms with van der Waals surface area (Å²) in [6.45, 7) is 1.93. The molecule has 1 aromatic heterocycles. The Kier molecular flexibility index (Phi) is 2.44. The highest BCUT2D eigenvalue weighted by atomic mass is 16.3. The largest absolute Gasteiger partial charge is 0.373 e. The molecule has 0 bridgehead atoms. The van der Waals surface area contributed by atoms with Gasteiger partial charge in [-0.25, -0.2) is 0 Å². The molecule has 0 fully saturated rings. The van der Waals surface area contributed by atoms with Gasteiger partial charge in [-0.05, 0) is 30.7 Å². The van der Waals surface area contributed by atoms with Gasteiger partial charge < -0.3 is 9.67 Å². The van der Waals surface area contributed by atoms with E-state index in [2.05, 4.69) is 6.07 Å². The van der Waals surface area contributed by atoms with Gasteiger partial charge in [-0.1, -0.05) is 6.92 Å². The van der Waals surface area contributed by atoms with Gasteiger partial charge in [-0.15, -0.1) is 0 Å². The molecule has 0 saturated carbocycles. The zero-order chi connectivity index (χ0) is 10.8. The Balaban J connectivity index is 2.58. The van der Waals surface area contributed by atoms with E-state index in [1.807, 2.05) is 35.9 Å². The van der Waals surface area contributed by atoms with Crippen molar-refractivity contribution in [1.82, 2.24) is 4.57 Å². The zero-order valence-electron chi connectivity index (χ0n) is 8.51. The first kappa shape index (κ1) is 9.75. The van der Waals surface area contributed by atoms with E-state index < -0.39 is 6.23 Å². The molecule has 3 heteroatoms. The fraction of sp³-hybridized carbons (Fsp3) is 0.250. The monoisotopic (exact) mass is 200 g/mol. The first-order valence-corrected chi connectivity index (χ1v) is 4.95. The average molecular weight is 200 g/mol. The third kappa shape index (κ3) is 1.60. The van der Waals surface area contributed by atoms with Crippen LogP contribution in [0.1, 0.15) is 25.1 Å². The highest BCUT2D eigenvalue weighted by molar-refractivity contribution is 5.81. The van der Waals surface area contributed by atoms with Gasteiger partial charge in [0.15, 0.2) is 0 Å².